The zero-order chi connectivity index (χ0) is 50.8. The summed E-state index contributed by atoms with van der Waals surface area (Å²) in [7, 11) is 5.98. The first-order valence-corrected chi connectivity index (χ1v) is 24.1. The van der Waals surface area contributed by atoms with Gasteiger partial charge in [0.05, 0.1) is 49.0 Å². The summed E-state index contributed by atoms with van der Waals surface area (Å²) < 4.78 is 14.6. The molecule has 1 fully saturated rings. The van der Waals surface area contributed by atoms with Gasteiger partial charge in [-0.3, -0.25) is 19.2 Å². The SMILES string of the molecule is C[C@H](NCc1ccc(Cl)cc1Oc1ccc(-c2cnc(CN(C)C)n2C)cc1)C(=O)N[C@@H](CO)C(=O)N[C@@]1(Cc2ccc(Cl)cc2)CCCN(C(=O)[C@@H](CC(=O)OC(C)(C)C)Cc2cccc[n+]2[O-])C1. The second-order valence-electron chi connectivity index (χ2n) is 19.2. The third-order valence-electron chi connectivity index (χ3n) is 12.0. The number of pyridine rings is 1. The highest BCUT2D eigenvalue weighted by Gasteiger charge is 2.42. The fourth-order valence-electron chi connectivity index (χ4n) is 8.50. The van der Waals surface area contributed by atoms with Crippen LogP contribution in [0.1, 0.15) is 69.6 Å². The highest BCUT2D eigenvalue weighted by molar-refractivity contribution is 6.31. The topological polar surface area (TPSA) is 194 Å². The van der Waals surface area contributed by atoms with Gasteiger partial charge in [0, 0.05) is 66.4 Å². The summed E-state index contributed by atoms with van der Waals surface area (Å²) in [5, 5.41) is 33.3. The molecule has 2 aromatic heterocycles. The number of esters is 1. The molecular weight excluding hydrogens is 936 g/mol. The van der Waals surface area contributed by atoms with E-state index in [9.17, 15) is 29.5 Å². The van der Waals surface area contributed by atoms with Gasteiger partial charge in [-0.1, -0.05) is 47.5 Å². The molecule has 0 aliphatic carbocycles. The number of carbonyl (C=O) groups is 4. The van der Waals surface area contributed by atoms with Crippen molar-refractivity contribution in [2.75, 3.05) is 33.8 Å². The van der Waals surface area contributed by atoms with E-state index in [-0.39, 0.29) is 38.3 Å². The first-order chi connectivity index (χ1) is 33.2. The Hall–Kier alpha value is -6.04. The Labute approximate surface area is 419 Å². The van der Waals surface area contributed by atoms with Crippen LogP contribution in [0.4, 0.5) is 0 Å². The zero-order valence-corrected chi connectivity index (χ0v) is 42.3. The summed E-state index contributed by atoms with van der Waals surface area (Å²) in [5.41, 5.74) is 1.93. The van der Waals surface area contributed by atoms with E-state index in [4.69, 9.17) is 32.7 Å². The van der Waals surface area contributed by atoms with Crippen molar-refractivity contribution in [1.29, 1.82) is 0 Å². The highest BCUT2D eigenvalue weighted by atomic mass is 35.5. The van der Waals surface area contributed by atoms with E-state index in [0.29, 0.717) is 57.9 Å². The molecule has 0 radical (unpaired) electrons. The molecule has 0 unspecified atom stereocenters. The minimum Gasteiger partial charge on any atom is -0.619 e. The number of hydrogen-bond acceptors (Lipinski definition) is 11. The average molecular weight is 1000 g/mol. The number of benzene rings is 3. The Balaban J connectivity index is 1.13. The molecule has 0 spiro atoms. The molecule has 18 heteroatoms. The van der Waals surface area contributed by atoms with Crippen molar-refractivity contribution in [2.45, 2.75) is 96.1 Å². The third-order valence-corrected chi connectivity index (χ3v) is 12.5. The summed E-state index contributed by atoms with van der Waals surface area (Å²) in [4.78, 5) is 63.9. The van der Waals surface area contributed by atoms with Gasteiger partial charge in [-0.2, -0.15) is 4.73 Å². The number of carbonyl (C=O) groups excluding carboxylic acids is 4. The number of aromatic nitrogens is 3. The third kappa shape index (κ3) is 14.7. The fraction of sp³-hybridized carbons (Fsp3) is 0.423. The van der Waals surface area contributed by atoms with Gasteiger partial charge >= 0.3 is 5.97 Å². The summed E-state index contributed by atoms with van der Waals surface area (Å²) in [5.74, 6) is -1.09. The summed E-state index contributed by atoms with van der Waals surface area (Å²) in [6.07, 6.45) is 4.10. The lowest BCUT2D eigenvalue weighted by molar-refractivity contribution is -0.614. The number of piperidine rings is 1. The molecule has 4 atom stereocenters. The lowest BCUT2D eigenvalue weighted by Gasteiger charge is -2.45. The number of nitrogens with one attached hydrogen (secondary N) is 3. The van der Waals surface area contributed by atoms with E-state index >= 15 is 0 Å². The number of likely N-dealkylation sites (tertiary alicyclic amines) is 1. The van der Waals surface area contributed by atoms with Crippen LogP contribution in [0.5, 0.6) is 11.5 Å². The molecule has 0 bridgehead atoms. The van der Waals surface area contributed by atoms with E-state index in [2.05, 4.69) is 30.4 Å². The molecule has 4 N–H and O–H groups in total. The van der Waals surface area contributed by atoms with Crippen LogP contribution in [0, 0.1) is 11.1 Å². The van der Waals surface area contributed by atoms with Crippen LogP contribution in [-0.4, -0.2) is 105 Å². The number of imidazole rings is 1. The molecule has 0 saturated carbocycles. The van der Waals surface area contributed by atoms with Crippen LogP contribution in [0.2, 0.25) is 10.0 Å². The average Bonchev–Trinajstić information content (AvgIpc) is 3.66. The van der Waals surface area contributed by atoms with E-state index < -0.39 is 53.5 Å². The normalized spacial score (nSPS) is 16.3. The van der Waals surface area contributed by atoms with Crippen LogP contribution >= 0.6 is 23.2 Å². The van der Waals surface area contributed by atoms with Gasteiger partial charge in [0.25, 0.3) is 0 Å². The summed E-state index contributed by atoms with van der Waals surface area (Å²) in [6.45, 7) is 7.42. The van der Waals surface area contributed by atoms with Gasteiger partial charge < -0.3 is 50.1 Å². The largest absolute Gasteiger partial charge is 0.619 e. The van der Waals surface area contributed by atoms with Crippen LogP contribution in [0.15, 0.2) is 97.3 Å². The van der Waals surface area contributed by atoms with Crippen molar-refractivity contribution in [3.63, 3.8) is 0 Å². The van der Waals surface area contributed by atoms with E-state index in [1.54, 1.807) is 81.1 Å². The molecule has 1 aliphatic heterocycles. The van der Waals surface area contributed by atoms with E-state index in [0.717, 1.165) is 28.2 Å². The molecule has 3 heterocycles. The Kier molecular flexibility index (Phi) is 18.1. The summed E-state index contributed by atoms with van der Waals surface area (Å²) in [6, 6.07) is 22.7. The second kappa shape index (κ2) is 23.7. The first kappa shape index (κ1) is 53.3. The van der Waals surface area contributed by atoms with Crippen LogP contribution < -0.4 is 25.4 Å². The predicted octanol–water partition coefficient (Wildman–Crippen LogP) is 6.15. The first-order valence-electron chi connectivity index (χ1n) is 23.3. The minimum atomic E-state index is -1.35. The minimum absolute atomic E-state index is 0.0216. The van der Waals surface area contributed by atoms with Crippen molar-refractivity contribution < 1.29 is 38.5 Å². The number of halogens is 2. The maximum absolute atomic E-state index is 14.5. The number of aliphatic hydroxyl groups excluding tert-OH is 1. The Bertz CT molecular complexity index is 2600. The van der Waals surface area contributed by atoms with Crippen molar-refractivity contribution in [2.24, 2.45) is 13.0 Å². The second-order valence-corrected chi connectivity index (χ2v) is 20.1. The number of aliphatic hydroxyl groups is 1. The smallest absolute Gasteiger partial charge is 0.307 e. The van der Waals surface area contributed by atoms with Gasteiger partial charge in [-0.25, -0.2) is 4.98 Å². The summed E-state index contributed by atoms with van der Waals surface area (Å²) >= 11 is 12.6. The molecular formula is C52H64Cl2N8O8. The zero-order valence-electron chi connectivity index (χ0n) is 40.8. The van der Waals surface area contributed by atoms with E-state index in [1.807, 2.05) is 63.7 Å². The predicted molar refractivity (Wildman–Crippen MR) is 268 cm³/mol. The molecule has 70 heavy (non-hydrogen) atoms. The molecule has 1 aliphatic rings. The van der Waals surface area contributed by atoms with Gasteiger partial charge in [-0.15, -0.1) is 0 Å². The molecule has 6 rings (SSSR count). The lowest BCUT2D eigenvalue weighted by Crippen LogP contribution is -2.65. The molecule has 1 saturated heterocycles. The number of ether oxygens (including phenoxy) is 2. The fourth-order valence-corrected chi connectivity index (χ4v) is 8.79. The van der Waals surface area contributed by atoms with Crippen LogP contribution in [0.3, 0.4) is 0 Å². The quantitative estimate of drug-likeness (QED) is 0.0397. The highest BCUT2D eigenvalue weighted by Crippen LogP contribution is 2.32. The number of nitrogens with zero attached hydrogens (tertiary/aromatic N) is 5. The Morgan fingerprint density at radius 2 is 1.70 bits per heavy atom. The monoisotopic (exact) mass is 998 g/mol. The van der Waals surface area contributed by atoms with Crippen molar-refractivity contribution >= 4 is 46.9 Å². The molecule has 16 nitrogen and oxygen atoms in total. The standard InChI is InChI=1S/C52H64Cl2N8O8/c1-34(55-29-37-14-19-40(54)27-45(37)69-42-20-15-36(16-21-42)44-30-56-46(60(44)7)31-59(5)6)48(65)57-43(32-63)49(66)58-52(28-35-12-17-39(53)18-13-35)22-10-23-61(33-52)50(67)38(26-47(64)70-51(2,3)4)25-41-11-8-9-24-62(41)68/h8-9,11-21,24,27,30,34,38,43,55,63H,10,22-23,25-26,28-29,31-33H2,1-7H3,(H,57,65)(H,58,66)/t34-,38+,43-,52+/m0/s1. The van der Waals surface area contributed by atoms with Gasteiger partial charge in [0.2, 0.25) is 17.7 Å². The Morgan fingerprint density at radius 1 is 0.986 bits per heavy atom. The molecule has 3 amide bonds. The van der Waals surface area contributed by atoms with Gasteiger partial charge in [-0.05, 0) is 115 Å². The maximum Gasteiger partial charge on any atom is 0.307 e. The van der Waals surface area contributed by atoms with Gasteiger partial charge in [0.1, 0.15) is 29.0 Å². The Morgan fingerprint density at radius 3 is 2.37 bits per heavy atom. The molecule has 5 aromatic rings. The molecule has 374 valence electrons. The number of hydrogen-bond donors (Lipinski definition) is 4. The van der Waals surface area contributed by atoms with Crippen molar-refractivity contribution in [3.05, 3.63) is 135 Å². The van der Waals surface area contributed by atoms with Crippen LogP contribution in [-0.2, 0) is 56.9 Å². The van der Waals surface area contributed by atoms with Crippen LogP contribution in [0.25, 0.3) is 11.3 Å². The lowest BCUT2D eigenvalue weighted by atomic mass is 9.82. The maximum atomic E-state index is 14.5. The van der Waals surface area contributed by atoms with Crippen molar-refractivity contribution in [1.82, 2.24) is 35.3 Å². The van der Waals surface area contributed by atoms with Gasteiger partial charge in [0.15, 0.2) is 11.9 Å². The van der Waals surface area contributed by atoms with Crippen molar-refractivity contribution in [3.8, 4) is 22.8 Å². The number of rotatable bonds is 20. The molecule has 3 aromatic carbocycles. The number of amides is 3. The van der Waals surface area contributed by atoms with E-state index in [1.165, 1.54) is 6.20 Å².